The Balaban J connectivity index is 2.88. The number of nitrogens with one attached hydrogen (secondary N) is 1. The van der Waals surface area contributed by atoms with Gasteiger partial charge in [-0.1, -0.05) is 13.8 Å². The van der Waals surface area contributed by atoms with Crippen molar-refractivity contribution in [2.24, 2.45) is 0 Å². The molecular formula is C13H20N2O2. The van der Waals surface area contributed by atoms with E-state index in [4.69, 9.17) is 10.5 Å². The molecule has 1 amide bonds. The average molecular weight is 236 g/mol. The van der Waals surface area contributed by atoms with Crippen LogP contribution < -0.4 is 15.8 Å². The first kappa shape index (κ1) is 13.4. The molecule has 0 aliphatic rings. The fraction of sp³-hybridized carbons (Fsp3) is 0.462. The largest absolute Gasteiger partial charge is 0.496 e. The first-order valence-corrected chi connectivity index (χ1v) is 5.86. The first-order chi connectivity index (χ1) is 8.12. The molecule has 94 valence electrons. The van der Waals surface area contributed by atoms with Crippen molar-refractivity contribution in [1.82, 2.24) is 5.32 Å². The number of amides is 1. The van der Waals surface area contributed by atoms with Crippen LogP contribution in [0.2, 0.25) is 0 Å². The summed E-state index contributed by atoms with van der Waals surface area (Å²) >= 11 is 0. The molecule has 0 unspecified atom stereocenters. The lowest BCUT2D eigenvalue weighted by Crippen LogP contribution is -2.34. The van der Waals surface area contributed by atoms with Gasteiger partial charge in [0.05, 0.1) is 12.7 Å². The summed E-state index contributed by atoms with van der Waals surface area (Å²) in [6, 6.07) is 5.24. The molecule has 0 saturated heterocycles. The fourth-order valence-corrected chi connectivity index (χ4v) is 1.65. The van der Waals surface area contributed by atoms with Gasteiger partial charge < -0.3 is 15.8 Å². The van der Waals surface area contributed by atoms with Gasteiger partial charge in [0.25, 0.3) is 5.91 Å². The summed E-state index contributed by atoms with van der Waals surface area (Å²) in [5.41, 5.74) is 6.75. The van der Waals surface area contributed by atoms with Gasteiger partial charge in [0.2, 0.25) is 0 Å². The second-order valence-electron chi connectivity index (χ2n) is 3.95. The van der Waals surface area contributed by atoms with Gasteiger partial charge in [-0.2, -0.15) is 0 Å². The molecule has 0 atom stereocenters. The summed E-state index contributed by atoms with van der Waals surface area (Å²) in [6.45, 7) is 4.10. The molecular weight excluding hydrogens is 216 g/mol. The number of ether oxygens (including phenoxy) is 1. The number of nitrogens with two attached hydrogens (primary N) is 1. The minimum absolute atomic E-state index is 0.115. The first-order valence-electron chi connectivity index (χ1n) is 5.86. The fourth-order valence-electron chi connectivity index (χ4n) is 1.65. The third-order valence-corrected chi connectivity index (χ3v) is 2.79. The van der Waals surface area contributed by atoms with Gasteiger partial charge in [0.15, 0.2) is 0 Å². The van der Waals surface area contributed by atoms with Crippen molar-refractivity contribution < 1.29 is 9.53 Å². The lowest BCUT2D eigenvalue weighted by atomic mass is 10.1. The van der Waals surface area contributed by atoms with E-state index in [1.165, 1.54) is 7.11 Å². The Morgan fingerprint density at radius 1 is 1.41 bits per heavy atom. The molecule has 4 heteroatoms. The zero-order valence-electron chi connectivity index (χ0n) is 10.6. The topological polar surface area (TPSA) is 64.4 Å². The molecule has 0 heterocycles. The van der Waals surface area contributed by atoms with Crippen LogP contribution in [-0.2, 0) is 0 Å². The van der Waals surface area contributed by atoms with Crippen molar-refractivity contribution in [3.63, 3.8) is 0 Å². The van der Waals surface area contributed by atoms with E-state index in [1.54, 1.807) is 18.2 Å². The van der Waals surface area contributed by atoms with Crippen molar-refractivity contribution in [3.05, 3.63) is 23.8 Å². The molecule has 0 fully saturated rings. The highest BCUT2D eigenvalue weighted by Gasteiger charge is 2.15. The third-order valence-electron chi connectivity index (χ3n) is 2.79. The van der Waals surface area contributed by atoms with Crippen LogP contribution in [-0.4, -0.2) is 19.1 Å². The number of benzene rings is 1. The Morgan fingerprint density at radius 2 is 2.06 bits per heavy atom. The van der Waals surface area contributed by atoms with E-state index in [0.717, 1.165) is 12.8 Å². The minimum atomic E-state index is -0.115. The van der Waals surface area contributed by atoms with E-state index < -0.39 is 0 Å². The van der Waals surface area contributed by atoms with Gasteiger partial charge in [0.1, 0.15) is 5.75 Å². The van der Waals surface area contributed by atoms with Crippen LogP contribution in [0.3, 0.4) is 0 Å². The summed E-state index contributed by atoms with van der Waals surface area (Å²) in [5.74, 6) is 0.393. The van der Waals surface area contributed by atoms with Crippen LogP contribution in [0.15, 0.2) is 18.2 Å². The molecule has 0 radical (unpaired) electrons. The Morgan fingerprint density at radius 3 is 2.59 bits per heavy atom. The summed E-state index contributed by atoms with van der Waals surface area (Å²) in [6.07, 6.45) is 1.83. The molecule has 0 bridgehead atoms. The molecule has 1 aromatic rings. The highest BCUT2D eigenvalue weighted by molar-refractivity contribution is 5.97. The van der Waals surface area contributed by atoms with Crippen LogP contribution in [0, 0.1) is 0 Å². The third kappa shape index (κ3) is 3.37. The zero-order chi connectivity index (χ0) is 12.8. The molecule has 17 heavy (non-hydrogen) atoms. The minimum Gasteiger partial charge on any atom is -0.496 e. The van der Waals surface area contributed by atoms with Gasteiger partial charge in [-0.25, -0.2) is 0 Å². The Hall–Kier alpha value is -1.71. The maximum Gasteiger partial charge on any atom is 0.255 e. The standard InChI is InChI=1S/C13H20N2O2/c1-4-10(5-2)15-13(16)11-7-6-9(14)8-12(11)17-3/h6-8,10H,4-5,14H2,1-3H3,(H,15,16). The van der Waals surface area contributed by atoms with Crippen molar-refractivity contribution in [2.45, 2.75) is 32.7 Å². The normalized spacial score (nSPS) is 10.4. The summed E-state index contributed by atoms with van der Waals surface area (Å²) in [7, 11) is 1.53. The van der Waals surface area contributed by atoms with E-state index in [1.807, 2.05) is 0 Å². The van der Waals surface area contributed by atoms with Crippen LogP contribution in [0.4, 0.5) is 5.69 Å². The van der Waals surface area contributed by atoms with E-state index in [9.17, 15) is 4.79 Å². The quantitative estimate of drug-likeness (QED) is 0.770. The van der Waals surface area contributed by atoms with Gasteiger partial charge >= 0.3 is 0 Å². The van der Waals surface area contributed by atoms with Gasteiger partial charge in [-0.05, 0) is 25.0 Å². The lowest BCUT2D eigenvalue weighted by Gasteiger charge is -2.16. The second-order valence-corrected chi connectivity index (χ2v) is 3.95. The molecule has 4 nitrogen and oxygen atoms in total. The highest BCUT2D eigenvalue weighted by Crippen LogP contribution is 2.21. The predicted octanol–water partition coefficient (Wildman–Crippen LogP) is 2.20. The van der Waals surface area contributed by atoms with Crippen LogP contribution >= 0.6 is 0 Å². The maximum absolute atomic E-state index is 12.0. The SMILES string of the molecule is CCC(CC)NC(=O)c1ccc(N)cc1OC. The van der Waals surface area contributed by atoms with Crippen LogP contribution in [0.5, 0.6) is 5.75 Å². The Bertz CT molecular complexity index is 387. The maximum atomic E-state index is 12.0. The van der Waals surface area contributed by atoms with Crippen molar-refractivity contribution in [3.8, 4) is 5.75 Å². The number of hydrogen-bond donors (Lipinski definition) is 2. The van der Waals surface area contributed by atoms with Crippen molar-refractivity contribution in [2.75, 3.05) is 12.8 Å². The molecule has 1 rings (SSSR count). The number of hydrogen-bond acceptors (Lipinski definition) is 3. The highest BCUT2D eigenvalue weighted by atomic mass is 16.5. The second kappa shape index (κ2) is 6.13. The number of anilines is 1. The smallest absolute Gasteiger partial charge is 0.255 e. The Labute approximate surface area is 102 Å². The molecule has 0 saturated carbocycles. The molecule has 0 aliphatic heterocycles. The van der Waals surface area contributed by atoms with Crippen molar-refractivity contribution in [1.29, 1.82) is 0 Å². The van der Waals surface area contributed by atoms with Crippen LogP contribution in [0.25, 0.3) is 0 Å². The van der Waals surface area contributed by atoms with E-state index in [-0.39, 0.29) is 11.9 Å². The summed E-state index contributed by atoms with van der Waals surface area (Å²) in [4.78, 5) is 12.0. The molecule has 0 aromatic heterocycles. The Kier molecular flexibility index (Phi) is 4.82. The zero-order valence-corrected chi connectivity index (χ0v) is 10.6. The molecule has 1 aromatic carbocycles. The molecule has 3 N–H and O–H groups in total. The number of methoxy groups -OCH3 is 1. The van der Waals surface area contributed by atoms with E-state index in [0.29, 0.717) is 17.0 Å². The van der Waals surface area contributed by atoms with Gasteiger partial charge in [0, 0.05) is 17.8 Å². The molecule has 0 spiro atoms. The monoisotopic (exact) mass is 236 g/mol. The molecule has 0 aliphatic carbocycles. The predicted molar refractivity (Wildman–Crippen MR) is 69.2 cm³/mol. The number of carbonyl (C=O) groups excluding carboxylic acids is 1. The van der Waals surface area contributed by atoms with E-state index in [2.05, 4.69) is 19.2 Å². The lowest BCUT2D eigenvalue weighted by molar-refractivity contribution is 0.0932. The number of carbonyl (C=O) groups is 1. The van der Waals surface area contributed by atoms with Gasteiger partial charge in [-0.15, -0.1) is 0 Å². The van der Waals surface area contributed by atoms with E-state index >= 15 is 0 Å². The number of rotatable bonds is 5. The summed E-state index contributed by atoms with van der Waals surface area (Å²) < 4.78 is 5.16. The summed E-state index contributed by atoms with van der Waals surface area (Å²) in [5, 5.41) is 2.97. The van der Waals surface area contributed by atoms with Crippen molar-refractivity contribution >= 4 is 11.6 Å². The van der Waals surface area contributed by atoms with Crippen LogP contribution in [0.1, 0.15) is 37.0 Å². The average Bonchev–Trinajstić information content (AvgIpc) is 2.35. The number of nitrogen functional groups attached to an aromatic ring is 1. The van der Waals surface area contributed by atoms with Gasteiger partial charge in [-0.3, -0.25) is 4.79 Å².